The summed E-state index contributed by atoms with van der Waals surface area (Å²) in [5, 5.41) is 2.99. The normalized spacial score (nSPS) is 29.8. The molecule has 2 amide bonds. The number of carbonyl (C=O) groups excluding carboxylic acids is 2. The molecule has 4 heteroatoms. The molecule has 2 atom stereocenters. The van der Waals surface area contributed by atoms with E-state index >= 15 is 0 Å². The van der Waals surface area contributed by atoms with Crippen LogP contribution in [0.25, 0.3) is 0 Å². The lowest BCUT2D eigenvalue weighted by atomic mass is 9.82. The number of carbonyl (C=O) groups is 2. The van der Waals surface area contributed by atoms with Crippen LogP contribution in [0.2, 0.25) is 0 Å². The Hall–Kier alpha value is -1.06. The van der Waals surface area contributed by atoms with E-state index in [0.717, 1.165) is 19.3 Å². The predicted octanol–water partition coefficient (Wildman–Crippen LogP) is 1.94. The number of nitrogens with one attached hydrogen (secondary N) is 1. The minimum absolute atomic E-state index is 0.0337. The van der Waals surface area contributed by atoms with Gasteiger partial charge in [-0.2, -0.15) is 0 Å². The van der Waals surface area contributed by atoms with Gasteiger partial charge in [0.15, 0.2) is 0 Å². The molecule has 1 aliphatic heterocycles. The molecular formula is C15H26N2O2. The summed E-state index contributed by atoms with van der Waals surface area (Å²) < 4.78 is 0. The van der Waals surface area contributed by atoms with Gasteiger partial charge in [0.2, 0.25) is 11.8 Å². The minimum atomic E-state index is -0.285. The topological polar surface area (TPSA) is 49.4 Å². The lowest BCUT2D eigenvalue weighted by Gasteiger charge is -2.41. The van der Waals surface area contributed by atoms with Gasteiger partial charge in [0, 0.05) is 7.05 Å². The van der Waals surface area contributed by atoms with E-state index < -0.39 is 0 Å². The summed E-state index contributed by atoms with van der Waals surface area (Å²) in [6.07, 6.45) is 6.51. The maximum atomic E-state index is 12.5. The van der Waals surface area contributed by atoms with Crippen LogP contribution in [0.5, 0.6) is 0 Å². The third-order valence-electron chi connectivity index (χ3n) is 4.50. The second kappa shape index (κ2) is 5.93. The SMILES string of the molecule is CC(C)CC1C(=O)NC(C2CCCCC2)C(=O)N1C. The van der Waals surface area contributed by atoms with E-state index in [4.69, 9.17) is 0 Å². The molecule has 2 aliphatic rings. The molecule has 2 unspecified atom stereocenters. The van der Waals surface area contributed by atoms with Crippen LogP contribution in [0, 0.1) is 11.8 Å². The van der Waals surface area contributed by atoms with Crippen LogP contribution in [0.1, 0.15) is 52.4 Å². The zero-order chi connectivity index (χ0) is 14.0. The van der Waals surface area contributed by atoms with Gasteiger partial charge in [-0.15, -0.1) is 0 Å². The third kappa shape index (κ3) is 3.10. The smallest absolute Gasteiger partial charge is 0.245 e. The highest BCUT2D eigenvalue weighted by molar-refractivity contribution is 5.97. The molecule has 0 aromatic heterocycles. The van der Waals surface area contributed by atoms with Crippen LogP contribution in [-0.4, -0.2) is 35.8 Å². The number of amides is 2. The molecule has 0 aromatic rings. The highest BCUT2D eigenvalue weighted by Crippen LogP contribution is 2.29. The summed E-state index contributed by atoms with van der Waals surface area (Å²) in [6.45, 7) is 4.16. The fourth-order valence-electron chi connectivity index (χ4n) is 3.36. The lowest BCUT2D eigenvalue weighted by molar-refractivity contribution is -0.150. The minimum Gasteiger partial charge on any atom is -0.342 e. The first-order valence-electron chi connectivity index (χ1n) is 7.57. The summed E-state index contributed by atoms with van der Waals surface area (Å²) in [5.41, 5.74) is 0. The zero-order valence-electron chi connectivity index (χ0n) is 12.3. The van der Waals surface area contributed by atoms with Crippen LogP contribution >= 0.6 is 0 Å². The molecule has 1 aliphatic carbocycles. The molecule has 0 spiro atoms. The van der Waals surface area contributed by atoms with E-state index in [-0.39, 0.29) is 23.9 Å². The molecule has 19 heavy (non-hydrogen) atoms. The average molecular weight is 266 g/mol. The summed E-state index contributed by atoms with van der Waals surface area (Å²) in [6, 6.07) is -0.562. The Balaban J connectivity index is 2.06. The molecule has 2 fully saturated rings. The van der Waals surface area contributed by atoms with Gasteiger partial charge in [0.1, 0.15) is 12.1 Å². The van der Waals surface area contributed by atoms with Crippen molar-refractivity contribution in [3.8, 4) is 0 Å². The van der Waals surface area contributed by atoms with Crippen LogP contribution in [0.15, 0.2) is 0 Å². The Labute approximate surface area is 115 Å². The van der Waals surface area contributed by atoms with Crippen LogP contribution in [0.3, 0.4) is 0 Å². The van der Waals surface area contributed by atoms with Crippen molar-refractivity contribution < 1.29 is 9.59 Å². The molecule has 1 saturated heterocycles. The van der Waals surface area contributed by atoms with Gasteiger partial charge < -0.3 is 10.2 Å². The molecule has 4 nitrogen and oxygen atoms in total. The van der Waals surface area contributed by atoms with Gasteiger partial charge >= 0.3 is 0 Å². The zero-order valence-corrected chi connectivity index (χ0v) is 12.3. The first-order chi connectivity index (χ1) is 9.00. The standard InChI is InChI=1S/C15H26N2O2/c1-10(2)9-12-14(18)16-13(15(19)17(12)3)11-7-5-4-6-8-11/h10-13H,4-9H2,1-3H3,(H,16,18). The van der Waals surface area contributed by atoms with Gasteiger partial charge in [-0.1, -0.05) is 33.1 Å². The van der Waals surface area contributed by atoms with Crippen molar-refractivity contribution in [2.45, 2.75) is 64.5 Å². The third-order valence-corrected chi connectivity index (χ3v) is 4.50. The fourth-order valence-corrected chi connectivity index (χ4v) is 3.36. The molecule has 0 aromatic carbocycles. The van der Waals surface area contributed by atoms with E-state index in [9.17, 15) is 9.59 Å². The highest BCUT2D eigenvalue weighted by Gasteiger charge is 2.42. The second-order valence-corrected chi connectivity index (χ2v) is 6.48. The first-order valence-corrected chi connectivity index (χ1v) is 7.57. The van der Waals surface area contributed by atoms with E-state index in [1.807, 2.05) is 0 Å². The Morgan fingerprint density at radius 3 is 2.42 bits per heavy atom. The molecular weight excluding hydrogens is 240 g/mol. The summed E-state index contributed by atoms with van der Waals surface area (Å²) >= 11 is 0. The van der Waals surface area contributed by atoms with Gasteiger partial charge in [0.25, 0.3) is 0 Å². The van der Waals surface area contributed by atoms with Crippen molar-refractivity contribution in [3.05, 3.63) is 0 Å². The van der Waals surface area contributed by atoms with Gasteiger partial charge in [-0.25, -0.2) is 0 Å². The molecule has 1 heterocycles. The van der Waals surface area contributed by atoms with Gasteiger partial charge in [-0.3, -0.25) is 9.59 Å². The van der Waals surface area contributed by atoms with Crippen molar-refractivity contribution in [1.29, 1.82) is 0 Å². The monoisotopic (exact) mass is 266 g/mol. The van der Waals surface area contributed by atoms with Crippen molar-refractivity contribution in [1.82, 2.24) is 10.2 Å². The molecule has 0 radical (unpaired) electrons. The average Bonchev–Trinajstić information content (AvgIpc) is 2.39. The van der Waals surface area contributed by atoms with Crippen LogP contribution < -0.4 is 5.32 Å². The summed E-state index contributed by atoms with van der Waals surface area (Å²) in [4.78, 5) is 26.4. The molecule has 2 rings (SSSR count). The summed E-state index contributed by atoms with van der Waals surface area (Å²) in [7, 11) is 1.78. The van der Waals surface area contributed by atoms with Gasteiger partial charge in [0.05, 0.1) is 0 Å². The van der Waals surface area contributed by atoms with Crippen molar-refractivity contribution in [2.24, 2.45) is 11.8 Å². The Morgan fingerprint density at radius 1 is 1.21 bits per heavy atom. The number of hydrogen-bond donors (Lipinski definition) is 1. The van der Waals surface area contributed by atoms with E-state index in [2.05, 4.69) is 19.2 Å². The number of likely N-dealkylation sites (N-methyl/N-ethyl adjacent to an activating group) is 1. The first kappa shape index (κ1) is 14.4. The Morgan fingerprint density at radius 2 is 1.84 bits per heavy atom. The number of nitrogens with zero attached hydrogens (tertiary/aromatic N) is 1. The molecule has 1 saturated carbocycles. The number of piperazine rings is 1. The highest BCUT2D eigenvalue weighted by atomic mass is 16.2. The van der Waals surface area contributed by atoms with Crippen LogP contribution in [-0.2, 0) is 9.59 Å². The maximum absolute atomic E-state index is 12.5. The van der Waals surface area contributed by atoms with E-state index in [1.165, 1.54) is 19.3 Å². The maximum Gasteiger partial charge on any atom is 0.245 e. The molecule has 0 bridgehead atoms. The van der Waals surface area contributed by atoms with Gasteiger partial charge in [-0.05, 0) is 31.1 Å². The van der Waals surface area contributed by atoms with E-state index in [1.54, 1.807) is 11.9 Å². The predicted molar refractivity (Wildman–Crippen MR) is 74.5 cm³/mol. The van der Waals surface area contributed by atoms with Crippen LogP contribution in [0.4, 0.5) is 0 Å². The van der Waals surface area contributed by atoms with Crippen molar-refractivity contribution in [3.63, 3.8) is 0 Å². The quantitative estimate of drug-likeness (QED) is 0.848. The van der Waals surface area contributed by atoms with Crippen molar-refractivity contribution >= 4 is 11.8 Å². The molecule has 1 N–H and O–H groups in total. The number of hydrogen-bond acceptors (Lipinski definition) is 2. The summed E-state index contributed by atoms with van der Waals surface area (Å²) in [5.74, 6) is 0.897. The molecule has 108 valence electrons. The Bertz CT molecular complexity index is 348. The fraction of sp³-hybridized carbons (Fsp3) is 0.867. The largest absolute Gasteiger partial charge is 0.342 e. The van der Waals surface area contributed by atoms with Crippen molar-refractivity contribution in [2.75, 3.05) is 7.05 Å². The van der Waals surface area contributed by atoms with E-state index in [0.29, 0.717) is 11.8 Å². The lowest BCUT2D eigenvalue weighted by Crippen LogP contribution is -2.64. The number of rotatable bonds is 3. The second-order valence-electron chi connectivity index (χ2n) is 6.48. The Kier molecular flexibility index (Phi) is 4.48.